The van der Waals surface area contributed by atoms with Crippen molar-refractivity contribution in [1.82, 2.24) is 0 Å². The number of hydrogen-bond acceptors (Lipinski definition) is 1. The van der Waals surface area contributed by atoms with Gasteiger partial charge in [-0.3, -0.25) is 0 Å². The number of aromatic hydroxyl groups is 1. The summed E-state index contributed by atoms with van der Waals surface area (Å²) in [6, 6.07) is 5.56. The summed E-state index contributed by atoms with van der Waals surface area (Å²) in [6.07, 6.45) is 0. The molecule has 0 aliphatic carbocycles. The number of hydrogen-bond donors (Lipinski definition) is 1. The summed E-state index contributed by atoms with van der Waals surface area (Å²) in [7, 11) is 0. The fraction of sp³-hybridized carbons (Fsp3) is 0.333. The van der Waals surface area contributed by atoms with Crippen LogP contribution in [0.5, 0.6) is 5.75 Å². The molecule has 1 heteroatoms. The molecule has 0 fully saturated rings. The molecule has 1 rings (SSSR count). The third-order valence-electron chi connectivity index (χ3n) is 1.35. The van der Waals surface area contributed by atoms with Gasteiger partial charge < -0.3 is 5.11 Å². The number of phenols is 1. The lowest BCUT2D eigenvalue weighted by atomic mass is 10.1. The van der Waals surface area contributed by atoms with Crippen LogP contribution in [0, 0.1) is 13.8 Å². The van der Waals surface area contributed by atoms with Crippen LogP contribution in [0.2, 0.25) is 0 Å². The van der Waals surface area contributed by atoms with Gasteiger partial charge in [-0.25, -0.2) is 0 Å². The van der Waals surface area contributed by atoms with Gasteiger partial charge in [-0.1, -0.05) is 25.1 Å². The fourth-order valence-electron chi connectivity index (χ4n) is 0.805. The third kappa shape index (κ3) is 1.76. The SMILES string of the molecule is C.Cc1ccc(O)c(C)c1. The second kappa shape index (κ2) is 3.25. The van der Waals surface area contributed by atoms with Crippen LogP contribution in [-0.2, 0) is 0 Å². The summed E-state index contributed by atoms with van der Waals surface area (Å²) in [5, 5.41) is 9.04. The minimum Gasteiger partial charge on any atom is -0.508 e. The third-order valence-corrected chi connectivity index (χ3v) is 1.35. The van der Waals surface area contributed by atoms with Gasteiger partial charge in [-0.2, -0.15) is 0 Å². The zero-order valence-corrected chi connectivity index (χ0v) is 5.68. The van der Waals surface area contributed by atoms with E-state index in [2.05, 4.69) is 0 Å². The molecule has 0 radical (unpaired) electrons. The van der Waals surface area contributed by atoms with Gasteiger partial charge in [0.15, 0.2) is 0 Å². The maximum atomic E-state index is 9.04. The smallest absolute Gasteiger partial charge is 0.118 e. The zero-order valence-electron chi connectivity index (χ0n) is 5.68. The molecular formula is C9H14O. The lowest BCUT2D eigenvalue weighted by Gasteiger charge is -1.97. The van der Waals surface area contributed by atoms with Crippen LogP contribution in [0.15, 0.2) is 18.2 Å². The zero-order chi connectivity index (χ0) is 6.85. The predicted octanol–water partition coefficient (Wildman–Crippen LogP) is 2.65. The van der Waals surface area contributed by atoms with Crippen LogP contribution in [0.4, 0.5) is 0 Å². The number of rotatable bonds is 0. The quantitative estimate of drug-likeness (QED) is 0.584. The summed E-state index contributed by atoms with van der Waals surface area (Å²) in [6.45, 7) is 3.90. The largest absolute Gasteiger partial charge is 0.508 e. The molecule has 1 N–H and O–H groups in total. The highest BCUT2D eigenvalue weighted by Gasteiger charge is 1.91. The molecule has 0 atom stereocenters. The van der Waals surface area contributed by atoms with E-state index in [-0.39, 0.29) is 7.43 Å². The number of benzene rings is 1. The Hall–Kier alpha value is -0.980. The maximum Gasteiger partial charge on any atom is 0.118 e. The maximum absolute atomic E-state index is 9.04. The first-order chi connectivity index (χ1) is 4.20. The van der Waals surface area contributed by atoms with Gasteiger partial charge in [0, 0.05) is 0 Å². The molecule has 1 aromatic carbocycles. The average Bonchev–Trinajstić information content (AvgIpc) is 1.80. The summed E-state index contributed by atoms with van der Waals surface area (Å²) in [4.78, 5) is 0. The molecule has 0 saturated heterocycles. The second-order valence-electron chi connectivity index (χ2n) is 2.29. The van der Waals surface area contributed by atoms with E-state index >= 15 is 0 Å². The van der Waals surface area contributed by atoms with Gasteiger partial charge in [-0.05, 0) is 25.5 Å². The van der Waals surface area contributed by atoms with Crippen molar-refractivity contribution in [1.29, 1.82) is 0 Å². The summed E-state index contributed by atoms with van der Waals surface area (Å²) >= 11 is 0. The highest BCUT2D eigenvalue weighted by Crippen LogP contribution is 2.15. The highest BCUT2D eigenvalue weighted by molar-refractivity contribution is 5.34. The van der Waals surface area contributed by atoms with Crippen molar-refractivity contribution in [2.45, 2.75) is 21.3 Å². The Balaban J connectivity index is 0.000000810. The van der Waals surface area contributed by atoms with Crippen LogP contribution in [-0.4, -0.2) is 5.11 Å². The molecule has 0 saturated carbocycles. The van der Waals surface area contributed by atoms with E-state index in [1.54, 1.807) is 6.07 Å². The second-order valence-corrected chi connectivity index (χ2v) is 2.29. The molecule has 0 spiro atoms. The Morgan fingerprint density at radius 3 is 2.20 bits per heavy atom. The molecule has 0 aliphatic heterocycles. The Morgan fingerprint density at radius 2 is 1.80 bits per heavy atom. The van der Waals surface area contributed by atoms with E-state index in [0.717, 1.165) is 5.56 Å². The van der Waals surface area contributed by atoms with Gasteiger partial charge in [0.25, 0.3) is 0 Å². The van der Waals surface area contributed by atoms with Crippen LogP contribution in [0.1, 0.15) is 18.6 Å². The van der Waals surface area contributed by atoms with Gasteiger partial charge in [-0.15, -0.1) is 0 Å². The monoisotopic (exact) mass is 138 g/mol. The van der Waals surface area contributed by atoms with E-state index in [9.17, 15) is 0 Å². The van der Waals surface area contributed by atoms with Gasteiger partial charge in [0.05, 0.1) is 0 Å². The first-order valence-electron chi connectivity index (χ1n) is 2.96. The Bertz CT molecular complexity index is 216. The van der Waals surface area contributed by atoms with E-state index < -0.39 is 0 Å². The molecule has 0 heterocycles. The van der Waals surface area contributed by atoms with Gasteiger partial charge in [0.1, 0.15) is 5.75 Å². The molecule has 0 aromatic heterocycles. The van der Waals surface area contributed by atoms with Crippen molar-refractivity contribution in [2.24, 2.45) is 0 Å². The van der Waals surface area contributed by atoms with Crippen molar-refractivity contribution in [3.05, 3.63) is 29.3 Å². The molecule has 0 unspecified atom stereocenters. The lowest BCUT2D eigenvalue weighted by molar-refractivity contribution is 0.471. The molecule has 0 amide bonds. The van der Waals surface area contributed by atoms with Crippen molar-refractivity contribution in [3.8, 4) is 5.75 Å². The molecule has 10 heavy (non-hydrogen) atoms. The lowest BCUT2D eigenvalue weighted by Crippen LogP contribution is -1.75. The van der Waals surface area contributed by atoms with E-state index in [1.165, 1.54) is 5.56 Å². The molecule has 0 bridgehead atoms. The fourth-order valence-corrected chi connectivity index (χ4v) is 0.805. The topological polar surface area (TPSA) is 20.2 Å². The standard InChI is InChI=1S/C8H10O.CH4/c1-6-3-4-8(9)7(2)5-6;/h3-5,9H,1-2H3;1H4. The van der Waals surface area contributed by atoms with Gasteiger partial charge in [0.2, 0.25) is 0 Å². The number of aryl methyl sites for hydroxylation is 2. The Kier molecular flexibility index (Phi) is 2.94. The van der Waals surface area contributed by atoms with Crippen molar-refractivity contribution < 1.29 is 5.11 Å². The van der Waals surface area contributed by atoms with E-state index in [4.69, 9.17) is 5.11 Å². The molecule has 56 valence electrons. The van der Waals surface area contributed by atoms with Crippen LogP contribution in [0.25, 0.3) is 0 Å². The highest BCUT2D eigenvalue weighted by atomic mass is 16.3. The van der Waals surface area contributed by atoms with Crippen molar-refractivity contribution in [2.75, 3.05) is 0 Å². The molecule has 0 aliphatic rings. The average molecular weight is 138 g/mol. The van der Waals surface area contributed by atoms with Gasteiger partial charge >= 0.3 is 0 Å². The first-order valence-corrected chi connectivity index (χ1v) is 2.96. The van der Waals surface area contributed by atoms with Crippen LogP contribution >= 0.6 is 0 Å². The van der Waals surface area contributed by atoms with E-state index in [1.807, 2.05) is 26.0 Å². The molecule has 1 nitrogen and oxygen atoms in total. The predicted molar refractivity (Wildman–Crippen MR) is 44.3 cm³/mol. The minimum absolute atomic E-state index is 0. The Labute approximate surface area is 62.3 Å². The number of phenolic OH excluding ortho intramolecular Hbond substituents is 1. The van der Waals surface area contributed by atoms with E-state index in [0.29, 0.717) is 5.75 Å². The van der Waals surface area contributed by atoms with Crippen molar-refractivity contribution >= 4 is 0 Å². The normalized spacial score (nSPS) is 8.60. The van der Waals surface area contributed by atoms with Crippen LogP contribution in [0.3, 0.4) is 0 Å². The first kappa shape index (κ1) is 9.02. The summed E-state index contributed by atoms with van der Waals surface area (Å²) < 4.78 is 0. The Morgan fingerprint density at radius 1 is 1.20 bits per heavy atom. The summed E-state index contributed by atoms with van der Waals surface area (Å²) in [5.41, 5.74) is 2.13. The minimum atomic E-state index is 0. The molecule has 1 aromatic rings. The molecular weight excluding hydrogens is 124 g/mol. The summed E-state index contributed by atoms with van der Waals surface area (Å²) in [5.74, 6) is 0.376. The van der Waals surface area contributed by atoms with Crippen LogP contribution < -0.4 is 0 Å². The van der Waals surface area contributed by atoms with Crippen molar-refractivity contribution in [3.63, 3.8) is 0 Å².